The van der Waals surface area contributed by atoms with Crippen LogP contribution in [0.2, 0.25) is 0 Å². The van der Waals surface area contributed by atoms with E-state index >= 15 is 0 Å². The molecule has 0 saturated carbocycles. The molecule has 0 bridgehead atoms. The third kappa shape index (κ3) is 4.46. The van der Waals surface area contributed by atoms with Gasteiger partial charge in [0.1, 0.15) is 0 Å². The van der Waals surface area contributed by atoms with Crippen molar-refractivity contribution in [3.05, 3.63) is 0 Å². The second-order valence-electron chi connectivity index (χ2n) is 5.54. The summed E-state index contributed by atoms with van der Waals surface area (Å²) >= 11 is 1.98. The summed E-state index contributed by atoms with van der Waals surface area (Å²) in [4.78, 5) is 2.62. The van der Waals surface area contributed by atoms with Crippen LogP contribution in [0.15, 0.2) is 0 Å². The maximum atomic E-state index is 3.49. The van der Waals surface area contributed by atoms with Crippen molar-refractivity contribution in [1.29, 1.82) is 0 Å². The van der Waals surface area contributed by atoms with Crippen molar-refractivity contribution in [2.75, 3.05) is 38.7 Å². The lowest BCUT2D eigenvalue weighted by Gasteiger charge is -2.42. The second-order valence-corrected chi connectivity index (χ2v) is 6.45. The molecule has 0 radical (unpaired) electrons. The van der Waals surface area contributed by atoms with Crippen molar-refractivity contribution in [2.24, 2.45) is 5.41 Å². The van der Waals surface area contributed by atoms with E-state index in [1.165, 1.54) is 51.1 Å². The molecule has 1 N–H and O–H groups in total. The molecule has 1 unspecified atom stereocenters. The van der Waals surface area contributed by atoms with E-state index in [9.17, 15) is 0 Å². The molecule has 1 aliphatic rings. The number of piperidine rings is 1. The Morgan fingerprint density at radius 1 is 1.29 bits per heavy atom. The number of rotatable bonds is 7. The van der Waals surface area contributed by atoms with Crippen LogP contribution in [-0.2, 0) is 0 Å². The number of nitrogens with zero attached hydrogens (tertiary/aromatic N) is 1. The van der Waals surface area contributed by atoms with Gasteiger partial charge in [0.05, 0.1) is 0 Å². The van der Waals surface area contributed by atoms with Crippen molar-refractivity contribution in [3.8, 4) is 0 Å². The minimum atomic E-state index is 0.575. The molecule has 0 aromatic carbocycles. The molecule has 0 amide bonds. The highest BCUT2D eigenvalue weighted by Gasteiger charge is 2.32. The Morgan fingerprint density at radius 3 is 2.41 bits per heavy atom. The van der Waals surface area contributed by atoms with E-state index in [1.807, 2.05) is 11.8 Å². The number of hydrogen-bond donors (Lipinski definition) is 1. The first-order valence-corrected chi connectivity index (χ1v) is 8.46. The summed E-state index contributed by atoms with van der Waals surface area (Å²) in [5.74, 6) is 1.27. The third-order valence-electron chi connectivity index (χ3n) is 4.45. The molecular formula is C14H30N2S. The maximum absolute atomic E-state index is 3.49. The average molecular weight is 258 g/mol. The van der Waals surface area contributed by atoms with Gasteiger partial charge in [0.2, 0.25) is 0 Å². The van der Waals surface area contributed by atoms with Gasteiger partial charge in [-0.25, -0.2) is 0 Å². The van der Waals surface area contributed by atoms with Crippen molar-refractivity contribution in [2.45, 2.75) is 45.6 Å². The smallest absolute Gasteiger partial charge is 0.0180 e. The van der Waals surface area contributed by atoms with Gasteiger partial charge < -0.3 is 10.2 Å². The molecule has 17 heavy (non-hydrogen) atoms. The van der Waals surface area contributed by atoms with Crippen LogP contribution in [0, 0.1) is 5.41 Å². The predicted octanol–water partition coefficient (Wildman–Crippen LogP) is 2.84. The largest absolute Gasteiger partial charge is 0.317 e. The van der Waals surface area contributed by atoms with Crippen LogP contribution in [0.3, 0.4) is 0 Å². The fourth-order valence-electron chi connectivity index (χ4n) is 2.99. The van der Waals surface area contributed by atoms with E-state index in [0.717, 1.165) is 6.04 Å². The summed E-state index contributed by atoms with van der Waals surface area (Å²) in [5, 5.41) is 3.49. The lowest BCUT2D eigenvalue weighted by molar-refractivity contribution is 0.101. The summed E-state index contributed by atoms with van der Waals surface area (Å²) in [6, 6.07) is 0.753. The summed E-state index contributed by atoms with van der Waals surface area (Å²) in [6.45, 7) is 8.39. The average Bonchev–Trinajstić information content (AvgIpc) is 2.36. The van der Waals surface area contributed by atoms with Crippen LogP contribution in [0.4, 0.5) is 0 Å². The zero-order valence-corrected chi connectivity index (χ0v) is 12.9. The van der Waals surface area contributed by atoms with E-state index < -0.39 is 0 Å². The van der Waals surface area contributed by atoms with Crippen LogP contribution in [0.1, 0.15) is 39.5 Å². The third-order valence-corrected chi connectivity index (χ3v) is 5.17. The standard InChI is InChI=1S/C14H30N2S/c1-5-13(11-17-4)16(3)12-14(6-2)7-9-15-10-8-14/h13,15H,5-12H2,1-4H3. The molecular weight excluding hydrogens is 228 g/mol. The first kappa shape index (κ1) is 15.3. The van der Waals surface area contributed by atoms with E-state index in [0.29, 0.717) is 5.41 Å². The van der Waals surface area contributed by atoms with Gasteiger partial charge in [-0.3, -0.25) is 0 Å². The molecule has 1 fully saturated rings. The first-order chi connectivity index (χ1) is 8.17. The minimum absolute atomic E-state index is 0.575. The van der Waals surface area contributed by atoms with Gasteiger partial charge in [-0.05, 0) is 57.5 Å². The monoisotopic (exact) mass is 258 g/mol. The normalized spacial score (nSPS) is 21.7. The summed E-state index contributed by atoms with van der Waals surface area (Å²) in [5.41, 5.74) is 0.575. The van der Waals surface area contributed by atoms with Gasteiger partial charge in [-0.2, -0.15) is 11.8 Å². The van der Waals surface area contributed by atoms with Crippen LogP contribution in [-0.4, -0.2) is 49.6 Å². The van der Waals surface area contributed by atoms with Gasteiger partial charge in [0, 0.05) is 18.3 Å². The molecule has 1 aliphatic heterocycles. The SMILES string of the molecule is CCC(CSC)N(C)CC1(CC)CCNCC1. The topological polar surface area (TPSA) is 15.3 Å². The van der Waals surface area contributed by atoms with Crippen LogP contribution in [0.25, 0.3) is 0 Å². The highest BCUT2D eigenvalue weighted by atomic mass is 32.2. The van der Waals surface area contributed by atoms with E-state index in [4.69, 9.17) is 0 Å². The quantitative estimate of drug-likeness (QED) is 0.756. The van der Waals surface area contributed by atoms with E-state index in [1.54, 1.807) is 0 Å². The Morgan fingerprint density at radius 2 is 1.94 bits per heavy atom. The molecule has 0 aliphatic carbocycles. The number of nitrogens with one attached hydrogen (secondary N) is 1. The molecule has 102 valence electrons. The van der Waals surface area contributed by atoms with Crippen molar-refractivity contribution in [1.82, 2.24) is 10.2 Å². The first-order valence-electron chi connectivity index (χ1n) is 7.07. The van der Waals surface area contributed by atoms with Crippen LogP contribution < -0.4 is 5.32 Å². The molecule has 0 aromatic rings. The van der Waals surface area contributed by atoms with Crippen molar-refractivity contribution in [3.63, 3.8) is 0 Å². The van der Waals surface area contributed by atoms with E-state index in [2.05, 4.69) is 37.4 Å². The van der Waals surface area contributed by atoms with Gasteiger partial charge >= 0.3 is 0 Å². The molecule has 2 nitrogen and oxygen atoms in total. The van der Waals surface area contributed by atoms with Crippen LogP contribution >= 0.6 is 11.8 Å². The highest BCUT2D eigenvalue weighted by molar-refractivity contribution is 7.98. The molecule has 1 atom stereocenters. The molecule has 1 saturated heterocycles. The molecule has 3 heteroatoms. The van der Waals surface area contributed by atoms with Gasteiger partial charge in [-0.1, -0.05) is 13.8 Å². The number of hydrogen-bond acceptors (Lipinski definition) is 3. The Hall–Kier alpha value is 0.270. The lowest BCUT2D eigenvalue weighted by atomic mass is 9.76. The Labute approximate surface area is 112 Å². The van der Waals surface area contributed by atoms with Gasteiger partial charge in [0.25, 0.3) is 0 Å². The zero-order valence-electron chi connectivity index (χ0n) is 12.1. The fourth-order valence-corrected chi connectivity index (χ4v) is 3.86. The maximum Gasteiger partial charge on any atom is 0.0180 e. The highest BCUT2D eigenvalue weighted by Crippen LogP contribution is 2.33. The van der Waals surface area contributed by atoms with E-state index in [-0.39, 0.29) is 0 Å². The number of thioether (sulfide) groups is 1. The Kier molecular flexibility index (Phi) is 6.90. The van der Waals surface area contributed by atoms with Crippen molar-refractivity contribution < 1.29 is 0 Å². The molecule has 0 aromatic heterocycles. The van der Waals surface area contributed by atoms with Crippen molar-refractivity contribution >= 4 is 11.8 Å². The second kappa shape index (κ2) is 7.65. The lowest BCUT2D eigenvalue weighted by Crippen LogP contribution is -2.46. The summed E-state index contributed by atoms with van der Waals surface area (Å²) < 4.78 is 0. The van der Waals surface area contributed by atoms with Crippen LogP contribution in [0.5, 0.6) is 0 Å². The summed E-state index contributed by atoms with van der Waals surface area (Å²) in [6.07, 6.45) is 7.52. The Balaban J connectivity index is 2.53. The molecule has 1 heterocycles. The summed E-state index contributed by atoms with van der Waals surface area (Å²) in [7, 11) is 2.32. The minimum Gasteiger partial charge on any atom is -0.317 e. The molecule has 0 spiro atoms. The zero-order chi connectivity index (χ0) is 12.7. The Bertz CT molecular complexity index is 202. The van der Waals surface area contributed by atoms with Gasteiger partial charge in [0.15, 0.2) is 0 Å². The fraction of sp³-hybridized carbons (Fsp3) is 1.00. The predicted molar refractivity (Wildman–Crippen MR) is 79.9 cm³/mol. The van der Waals surface area contributed by atoms with Gasteiger partial charge in [-0.15, -0.1) is 0 Å². The molecule has 1 rings (SSSR count).